The summed E-state index contributed by atoms with van der Waals surface area (Å²) in [4.78, 5) is 25.5. The fourth-order valence-corrected chi connectivity index (χ4v) is 6.32. The average molecular weight is 449 g/mol. The van der Waals surface area contributed by atoms with Crippen molar-refractivity contribution in [1.29, 1.82) is 0 Å². The number of fused-ring (bicyclic) bond motifs is 2. The Bertz CT molecular complexity index is 1270. The smallest absolute Gasteiger partial charge is 0.268 e. The predicted molar refractivity (Wildman–Crippen MR) is 111 cm³/mol. The third kappa shape index (κ3) is 3.61. The Hall–Kier alpha value is -2.72. The van der Waals surface area contributed by atoms with Crippen LogP contribution < -0.4 is 4.31 Å². The van der Waals surface area contributed by atoms with Gasteiger partial charge in [-0.3, -0.25) is 13.9 Å². The summed E-state index contributed by atoms with van der Waals surface area (Å²) < 4.78 is 51.1. The molecular formula is C20H20N2O6S2. The van der Waals surface area contributed by atoms with Gasteiger partial charge < -0.3 is 0 Å². The lowest BCUT2D eigenvalue weighted by Crippen LogP contribution is -2.44. The molecule has 0 spiro atoms. The first-order valence-corrected chi connectivity index (χ1v) is 12.8. The minimum atomic E-state index is -3.96. The molecule has 158 valence electrons. The molecule has 0 saturated heterocycles. The van der Waals surface area contributed by atoms with Crippen molar-refractivity contribution in [2.24, 2.45) is 0 Å². The molecule has 2 aliphatic rings. The fraction of sp³-hybridized carbons (Fsp3) is 0.300. The summed E-state index contributed by atoms with van der Waals surface area (Å²) >= 11 is 0. The van der Waals surface area contributed by atoms with Crippen molar-refractivity contribution in [3.8, 4) is 0 Å². The highest BCUT2D eigenvalue weighted by atomic mass is 32.2. The van der Waals surface area contributed by atoms with Gasteiger partial charge in [-0.05, 0) is 48.2 Å². The van der Waals surface area contributed by atoms with Crippen LogP contribution in [0.3, 0.4) is 0 Å². The van der Waals surface area contributed by atoms with E-state index in [0.717, 1.165) is 6.26 Å². The first-order valence-electron chi connectivity index (χ1n) is 9.34. The zero-order chi connectivity index (χ0) is 21.7. The van der Waals surface area contributed by atoms with Gasteiger partial charge in [-0.1, -0.05) is 18.2 Å². The first kappa shape index (κ1) is 20.5. The van der Waals surface area contributed by atoms with E-state index in [0.29, 0.717) is 40.5 Å². The van der Waals surface area contributed by atoms with Gasteiger partial charge in [0.15, 0.2) is 5.78 Å². The van der Waals surface area contributed by atoms with Gasteiger partial charge in [0.2, 0.25) is 20.0 Å². The third-order valence-electron chi connectivity index (χ3n) is 5.31. The molecule has 10 heteroatoms. The number of rotatable bonds is 4. The number of nitrogens with zero attached hydrogens (tertiary/aromatic N) is 2. The summed E-state index contributed by atoms with van der Waals surface area (Å²) in [6.07, 6.45) is 2.36. The van der Waals surface area contributed by atoms with Gasteiger partial charge in [-0.25, -0.2) is 21.1 Å². The Morgan fingerprint density at radius 2 is 1.83 bits per heavy atom. The van der Waals surface area contributed by atoms with Crippen LogP contribution >= 0.6 is 0 Å². The van der Waals surface area contributed by atoms with E-state index < -0.39 is 38.3 Å². The van der Waals surface area contributed by atoms with E-state index in [-0.39, 0.29) is 16.9 Å². The van der Waals surface area contributed by atoms with Gasteiger partial charge in [-0.15, -0.1) is 0 Å². The van der Waals surface area contributed by atoms with E-state index in [4.69, 9.17) is 0 Å². The zero-order valence-corrected chi connectivity index (χ0v) is 17.9. The summed E-state index contributed by atoms with van der Waals surface area (Å²) in [7, 11) is -7.39. The molecule has 0 bridgehead atoms. The SMILES string of the molecule is CS(=O)(=O)N1CCCc2cc(C(=O)CN3C(=O)c4ccccc4CS3(=O)=O)ccc21. The lowest BCUT2D eigenvalue weighted by atomic mass is 9.99. The van der Waals surface area contributed by atoms with E-state index in [1.807, 2.05) is 0 Å². The minimum Gasteiger partial charge on any atom is -0.292 e. The van der Waals surface area contributed by atoms with Gasteiger partial charge in [0.05, 0.1) is 17.7 Å². The van der Waals surface area contributed by atoms with Gasteiger partial charge in [0.1, 0.15) is 6.54 Å². The Morgan fingerprint density at radius 1 is 1.10 bits per heavy atom. The van der Waals surface area contributed by atoms with Gasteiger partial charge in [0.25, 0.3) is 5.91 Å². The van der Waals surface area contributed by atoms with Crippen LogP contribution in [0.15, 0.2) is 42.5 Å². The van der Waals surface area contributed by atoms with E-state index in [1.54, 1.807) is 36.4 Å². The Morgan fingerprint density at radius 3 is 2.57 bits per heavy atom. The molecule has 0 radical (unpaired) electrons. The molecule has 2 aliphatic heterocycles. The van der Waals surface area contributed by atoms with Crippen molar-refractivity contribution in [1.82, 2.24) is 4.31 Å². The molecule has 2 heterocycles. The van der Waals surface area contributed by atoms with Crippen molar-refractivity contribution >= 4 is 37.4 Å². The van der Waals surface area contributed by atoms with Crippen LogP contribution in [0.2, 0.25) is 0 Å². The van der Waals surface area contributed by atoms with Crippen molar-refractivity contribution in [2.45, 2.75) is 18.6 Å². The zero-order valence-electron chi connectivity index (χ0n) is 16.2. The normalized spacial score (nSPS) is 18.0. The monoisotopic (exact) mass is 448 g/mol. The molecule has 0 unspecified atom stereocenters. The third-order valence-corrected chi connectivity index (χ3v) is 8.14. The van der Waals surface area contributed by atoms with Crippen molar-refractivity contribution < 1.29 is 26.4 Å². The second-order valence-electron chi connectivity index (χ2n) is 7.43. The molecule has 0 fully saturated rings. The van der Waals surface area contributed by atoms with E-state index >= 15 is 0 Å². The highest BCUT2D eigenvalue weighted by Crippen LogP contribution is 2.30. The number of Topliss-reactive ketones (excluding diaryl/α,β-unsaturated/α-hetero) is 1. The Labute approximate surface area is 175 Å². The molecular weight excluding hydrogens is 428 g/mol. The van der Waals surface area contributed by atoms with E-state index in [2.05, 4.69) is 0 Å². The fourth-order valence-electron chi connectivity index (χ4n) is 3.86. The van der Waals surface area contributed by atoms with Gasteiger partial charge >= 0.3 is 0 Å². The number of carbonyl (C=O) groups is 2. The van der Waals surface area contributed by atoms with Crippen LogP contribution in [0, 0.1) is 0 Å². The summed E-state index contributed by atoms with van der Waals surface area (Å²) in [6, 6.07) is 11.1. The molecule has 1 amide bonds. The highest BCUT2D eigenvalue weighted by molar-refractivity contribution is 7.92. The first-order chi connectivity index (χ1) is 14.1. The van der Waals surface area contributed by atoms with Crippen LogP contribution in [-0.2, 0) is 32.2 Å². The average Bonchev–Trinajstić information content (AvgIpc) is 2.69. The summed E-state index contributed by atoms with van der Waals surface area (Å²) in [5.74, 6) is -1.58. The van der Waals surface area contributed by atoms with Crippen LogP contribution in [0.5, 0.6) is 0 Å². The van der Waals surface area contributed by atoms with Crippen molar-refractivity contribution in [3.05, 3.63) is 64.7 Å². The van der Waals surface area contributed by atoms with Crippen molar-refractivity contribution in [3.63, 3.8) is 0 Å². The van der Waals surface area contributed by atoms with Crippen LogP contribution in [-0.4, -0.2) is 52.2 Å². The summed E-state index contributed by atoms with van der Waals surface area (Å²) in [5.41, 5.74) is 2.16. The Balaban J connectivity index is 1.63. The number of aryl methyl sites for hydroxylation is 1. The maximum absolute atomic E-state index is 12.8. The molecule has 8 nitrogen and oxygen atoms in total. The molecule has 0 aromatic heterocycles. The van der Waals surface area contributed by atoms with Crippen molar-refractivity contribution in [2.75, 3.05) is 23.7 Å². The second-order valence-corrected chi connectivity index (χ2v) is 11.2. The number of benzene rings is 2. The maximum atomic E-state index is 12.8. The Kier molecular flexibility index (Phi) is 4.94. The van der Waals surface area contributed by atoms with Gasteiger partial charge in [0, 0.05) is 17.7 Å². The standard InChI is InChI=1S/C20H20N2O6S2/c1-29(25,26)21-10-4-6-14-11-15(8-9-18(14)21)19(23)12-22-20(24)17-7-3-2-5-16(17)13-30(22,27)28/h2-3,5,7-9,11H,4,6,10,12-13H2,1H3. The minimum absolute atomic E-state index is 0.242. The van der Waals surface area contributed by atoms with E-state index in [1.165, 1.54) is 10.4 Å². The molecule has 30 heavy (non-hydrogen) atoms. The molecule has 0 atom stereocenters. The molecule has 2 aromatic carbocycles. The summed E-state index contributed by atoms with van der Waals surface area (Å²) in [5, 5.41) is 0. The molecule has 0 N–H and O–H groups in total. The lowest BCUT2D eigenvalue weighted by molar-refractivity contribution is 0.0806. The number of amides is 1. The van der Waals surface area contributed by atoms with Crippen LogP contribution in [0.25, 0.3) is 0 Å². The predicted octanol–water partition coefficient (Wildman–Crippen LogP) is 1.57. The number of carbonyl (C=O) groups excluding carboxylic acids is 2. The molecule has 2 aromatic rings. The van der Waals surface area contributed by atoms with Crippen LogP contribution in [0.1, 0.15) is 38.3 Å². The number of hydrogen-bond donors (Lipinski definition) is 0. The van der Waals surface area contributed by atoms with Gasteiger partial charge in [-0.2, -0.15) is 0 Å². The maximum Gasteiger partial charge on any atom is 0.268 e. The number of anilines is 1. The quantitative estimate of drug-likeness (QED) is 0.657. The number of hydrogen-bond acceptors (Lipinski definition) is 6. The topological polar surface area (TPSA) is 109 Å². The van der Waals surface area contributed by atoms with E-state index in [9.17, 15) is 26.4 Å². The summed E-state index contributed by atoms with van der Waals surface area (Å²) in [6.45, 7) is -0.219. The number of sulfonamides is 2. The highest BCUT2D eigenvalue weighted by Gasteiger charge is 2.37. The molecule has 0 saturated carbocycles. The molecule has 0 aliphatic carbocycles. The lowest BCUT2D eigenvalue weighted by Gasteiger charge is -2.30. The van der Waals surface area contributed by atoms with Crippen LogP contribution in [0.4, 0.5) is 5.69 Å². The second kappa shape index (κ2) is 7.21. The number of ketones is 1. The molecule has 4 rings (SSSR count). The largest absolute Gasteiger partial charge is 0.292 e.